The molecule has 0 fully saturated rings. The maximum absolute atomic E-state index is 5.26. The van der Waals surface area contributed by atoms with E-state index in [1.54, 1.807) is 23.5 Å². The van der Waals surface area contributed by atoms with E-state index in [0.29, 0.717) is 12.4 Å². The Morgan fingerprint density at radius 2 is 1.25 bits per heavy atom. The highest BCUT2D eigenvalue weighted by atomic mass is 32.2. The summed E-state index contributed by atoms with van der Waals surface area (Å²) >= 11 is 3.20. The molecule has 1 N–H and O–H groups in total. The van der Waals surface area contributed by atoms with E-state index in [0.717, 1.165) is 59.0 Å². The average Bonchev–Trinajstić information content (AvgIpc) is 3.73. The van der Waals surface area contributed by atoms with Gasteiger partial charge >= 0.3 is 0 Å². The summed E-state index contributed by atoms with van der Waals surface area (Å²) in [7, 11) is 0. The van der Waals surface area contributed by atoms with Crippen molar-refractivity contribution < 1.29 is 0 Å². The molecule has 0 bridgehead atoms. The van der Waals surface area contributed by atoms with E-state index in [4.69, 9.17) is 15.2 Å². The molecular formula is C34H28N8S2. The fraction of sp³-hybridized carbons (Fsp3) is 0.118. The minimum absolute atomic E-state index is 0.172. The van der Waals surface area contributed by atoms with E-state index in [1.807, 2.05) is 54.6 Å². The van der Waals surface area contributed by atoms with E-state index in [1.165, 1.54) is 0 Å². The average molecular weight is 613 g/mol. The van der Waals surface area contributed by atoms with E-state index >= 15 is 0 Å². The first kappa shape index (κ1) is 28.0. The summed E-state index contributed by atoms with van der Waals surface area (Å²) in [5, 5.41) is 26.1. The summed E-state index contributed by atoms with van der Waals surface area (Å²) < 4.78 is 2.32. The number of tetrazole rings is 1. The fourth-order valence-electron chi connectivity index (χ4n) is 5.24. The molecule has 0 saturated heterocycles. The highest BCUT2D eigenvalue weighted by Gasteiger charge is 2.24. The Labute approximate surface area is 263 Å². The molecule has 4 aromatic carbocycles. The largest absolute Gasteiger partial charge is 0.321 e. The molecule has 0 aliphatic heterocycles. The number of hydrogen-bond acceptors (Lipinski definition) is 8. The maximum atomic E-state index is 5.26. The third-order valence-corrected chi connectivity index (χ3v) is 9.17. The number of benzene rings is 4. The molecule has 7 rings (SSSR count). The Morgan fingerprint density at radius 3 is 1.91 bits per heavy atom. The van der Waals surface area contributed by atoms with Crippen molar-refractivity contribution in [2.75, 3.05) is 0 Å². The van der Waals surface area contributed by atoms with Gasteiger partial charge in [-0.25, -0.2) is 4.98 Å². The van der Waals surface area contributed by atoms with E-state index < -0.39 is 0 Å². The molecule has 0 spiro atoms. The van der Waals surface area contributed by atoms with Gasteiger partial charge in [0.2, 0.25) is 5.82 Å². The maximum Gasteiger partial charge on any atom is 0.205 e. The summed E-state index contributed by atoms with van der Waals surface area (Å²) in [4.78, 5) is 7.45. The Bertz CT molecular complexity index is 2020. The number of fused-ring (bicyclic) bond motifs is 1. The van der Waals surface area contributed by atoms with Gasteiger partial charge in [-0.1, -0.05) is 122 Å². The summed E-state index contributed by atoms with van der Waals surface area (Å²) in [6.45, 7) is 4.97. The Kier molecular flexibility index (Phi) is 7.91. The zero-order valence-corrected chi connectivity index (χ0v) is 25.8. The van der Waals surface area contributed by atoms with Crippen LogP contribution in [0, 0.1) is 0 Å². The molecule has 0 aliphatic rings. The van der Waals surface area contributed by atoms with Gasteiger partial charge < -0.3 is 4.57 Å². The van der Waals surface area contributed by atoms with Crippen molar-refractivity contribution in [3.8, 4) is 22.5 Å². The van der Waals surface area contributed by atoms with Gasteiger partial charge in [-0.3, -0.25) is 0 Å². The molecular weight excluding hydrogens is 585 g/mol. The third kappa shape index (κ3) is 5.61. The number of aromatic nitrogens is 8. The number of aromatic amines is 1. The molecule has 216 valence electrons. The van der Waals surface area contributed by atoms with Crippen LogP contribution in [0.3, 0.4) is 0 Å². The highest BCUT2D eigenvalue weighted by Crippen LogP contribution is 2.40. The Balaban J connectivity index is 1.41. The molecule has 0 atom stereocenters. The number of nitrogens with zero attached hydrogens (tertiary/aromatic N) is 7. The van der Waals surface area contributed by atoms with Crippen molar-refractivity contribution in [3.05, 3.63) is 121 Å². The highest BCUT2D eigenvalue weighted by molar-refractivity contribution is 8.00. The minimum atomic E-state index is 0.172. The lowest BCUT2D eigenvalue weighted by atomic mass is 9.95. The van der Waals surface area contributed by atoms with Crippen LogP contribution < -0.4 is 0 Å². The van der Waals surface area contributed by atoms with Crippen LogP contribution in [0.15, 0.2) is 129 Å². The van der Waals surface area contributed by atoms with Gasteiger partial charge in [0.05, 0.1) is 6.54 Å². The van der Waals surface area contributed by atoms with Crippen molar-refractivity contribution in [2.24, 2.45) is 0 Å². The smallest absolute Gasteiger partial charge is 0.205 e. The van der Waals surface area contributed by atoms with Crippen LogP contribution in [0.2, 0.25) is 0 Å². The standard InChI is InChI=1S/C34H28N8S2/c1-22(2)32-35-29-30(34(44-25-16-7-4-8-17-25)39-38-33(29)43-24-14-5-3-6-15-24)42(32)21-23-13-9-10-18-26(23)27-19-11-12-20-28(27)31-36-40-41-37-31/h3-20,22H,21H2,1-2H3,(H,36,37,40,41). The first-order valence-electron chi connectivity index (χ1n) is 14.3. The summed E-state index contributed by atoms with van der Waals surface area (Å²) in [6.07, 6.45) is 0. The lowest BCUT2D eigenvalue weighted by Gasteiger charge is -2.17. The van der Waals surface area contributed by atoms with Crippen LogP contribution >= 0.6 is 23.5 Å². The lowest BCUT2D eigenvalue weighted by Crippen LogP contribution is -2.09. The molecule has 0 saturated carbocycles. The predicted octanol–water partition coefficient (Wildman–Crippen LogP) is 8.15. The zero-order valence-electron chi connectivity index (χ0n) is 24.1. The van der Waals surface area contributed by atoms with Crippen molar-refractivity contribution >= 4 is 34.6 Å². The van der Waals surface area contributed by atoms with Crippen molar-refractivity contribution in [3.63, 3.8) is 0 Å². The molecule has 44 heavy (non-hydrogen) atoms. The number of hydrogen-bond donors (Lipinski definition) is 1. The molecule has 0 unspecified atom stereocenters. The number of rotatable bonds is 9. The first-order valence-corrected chi connectivity index (χ1v) is 15.9. The predicted molar refractivity (Wildman–Crippen MR) is 175 cm³/mol. The van der Waals surface area contributed by atoms with E-state index in [9.17, 15) is 0 Å². The lowest BCUT2D eigenvalue weighted by molar-refractivity contribution is 0.679. The summed E-state index contributed by atoms with van der Waals surface area (Å²) in [5.41, 5.74) is 6.05. The van der Waals surface area contributed by atoms with Crippen LogP contribution in [-0.2, 0) is 6.54 Å². The monoisotopic (exact) mass is 612 g/mol. The zero-order chi connectivity index (χ0) is 29.9. The summed E-state index contributed by atoms with van der Waals surface area (Å²) in [6, 6.07) is 37.2. The number of H-pyrrole nitrogens is 1. The second-order valence-electron chi connectivity index (χ2n) is 10.5. The molecule has 10 heteroatoms. The van der Waals surface area contributed by atoms with Crippen LogP contribution in [0.5, 0.6) is 0 Å². The molecule has 7 aromatic rings. The third-order valence-electron chi connectivity index (χ3n) is 7.22. The van der Waals surface area contributed by atoms with Crippen molar-refractivity contribution in [1.82, 2.24) is 40.4 Å². The van der Waals surface area contributed by atoms with Crippen LogP contribution in [0.25, 0.3) is 33.5 Å². The molecule has 8 nitrogen and oxygen atoms in total. The van der Waals surface area contributed by atoms with Gasteiger partial charge in [0.1, 0.15) is 21.9 Å². The molecule has 0 aliphatic carbocycles. The van der Waals surface area contributed by atoms with Gasteiger partial charge in [-0.15, -0.1) is 20.4 Å². The van der Waals surface area contributed by atoms with E-state index in [-0.39, 0.29) is 5.92 Å². The first-order chi connectivity index (χ1) is 21.7. The van der Waals surface area contributed by atoms with E-state index in [2.05, 4.69) is 93.6 Å². The number of imidazole rings is 1. The van der Waals surface area contributed by atoms with Crippen molar-refractivity contribution in [1.29, 1.82) is 0 Å². The van der Waals surface area contributed by atoms with Gasteiger partial charge in [-0.2, -0.15) is 5.21 Å². The fourth-order valence-corrected chi connectivity index (χ4v) is 6.98. The Hall–Kier alpha value is -4.80. The van der Waals surface area contributed by atoms with Crippen molar-refractivity contribution in [2.45, 2.75) is 46.2 Å². The SMILES string of the molecule is CC(C)c1nc2c(Sc3ccccc3)nnc(Sc3ccccc3)c2n1Cc1ccccc1-c1ccccc1-c1nn[nH]n1. The second kappa shape index (κ2) is 12.4. The summed E-state index contributed by atoms with van der Waals surface area (Å²) in [5.74, 6) is 1.72. The minimum Gasteiger partial charge on any atom is -0.321 e. The number of nitrogens with one attached hydrogen (secondary N) is 1. The van der Waals surface area contributed by atoms with Crippen LogP contribution in [0.1, 0.15) is 31.2 Å². The molecule has 0 radical (unpaired) electrons. The molecule has 0 amide bonds. The van der Waals surface area contributed by atoms with Gasteiger partial charge in [0.25, 0.3) is 0 Å². The van der Waals surface area contributed by atoms with Gasteiger partial charge in [0, 0.05) is 21.3 Å². The quantitative estimate of drug-likeness (QED) is 0.174. The molecule has 3 aromatic heterocycles. The van der Waals surface area contributed by atoms with Crippen LogP contribution in [-0.4, -0.2) is 40.4 Å². The van der Waals surface area contributed by atoms with Gasteiger partial charge in [-0.05, 0) is 46.2 Å². The normalized spacial score (nSPS) is 11.4. The topological polar surface area (TPSA) is 98.1 Å². The van der Waals surface area contributed by atoms with Gasteiger partial charge in [0.15, 0.2) is 5.03 Å². The molecule has 3 heterocycles. The second-order valence-corrected chi connectivity index (χ2v) is 12.6. The Morgan fingerprint density at radius 1 is 0.659 bits per heavy atom. The van der Waals surface area contributed by atoms with Crippen LogP contribution in [0.4, 0.5) is 0 Å².